The largest absolute Gasteiger partial charge is 0.496 e. The quantitative estimate of drug-likeness (QED) is 0.775. The molecule has 0 aromatic heterocycles. The third kappa shape index (κ3) is 1.74. The van der Waals surface area contributed by atoms with Gasteiger partial charge < -0.3 is 15.4 Å². The van der Waals surface area contributed by atoms with Crippen LogP contribution in [-0.2, 0) is 10.3 Å². The SMILES string of the molecule is COc1cccc(F)c1C1(C)NC(=S)NC1=O. The molecule has 2 rings (SSSR count). The lowest BCUT2D eigenvalue weighted by Gasteiger charge is -2.24. The Hall–Kier alpha value is -1.69. The van der Waals surface area contributed by atoms with Gasteiger partial charge >= 0.3 is 0 Å². The molecule has 1 aliphatic rings. The molecule has 0 radical (unpaired) electrons. The molecule has 0 spiro atoms. The van der Waals surface area contributed by atoms with E-state index in [9.17, 15) is 9.18 Å². The van der Waals surface area contributed by atoms with Crippen molar-refractivity contribution in [1.82, 2.24) is 10.6 Å². The lowest BCUT2D eigenvalue weighted by Crippen LogP contribution is -2.41. The third-order valence-corrected chi connectivity index (χ3v) is 2.94. The number of nitrogens with one attached hydrogen (secondary N) is 2. The Kier molecular flexibility index (Phi) is 2.74. The van der Waals surface area contributed by atoms with Crippen molar-refractivity contribution in [2.45, 2.75) is 12.5 Å². The fraction of sp³-hybridized carbons (Fsp3) is 0.273. The van der Waals surface area contributed by atoms with E-state index in [-0.39, 0.29) is 10.7 Å². The molecule has 1 amide bonds. The lowest BCUT2D eigenvalue weighted by molar-refractivity contribution is -0.123. The van der Waals surface area contributed by atoms with Gasteiger partial charge in [-0.2, -0.15) is 0 Å². The number of hydrogen-bond acceptors (Lipinski definition) is 3. The molecule has 6 heteroatoms. The first-order chi connectivity index (χ1) is 7.99. The van der Waals surface area contributed by atoms with Crippen LogP contribution in [0.3, 0.4) is 0 Å². The summed E-state index contributed by atoms with van der Waals surface area (Å²) in [6.07, 6.45) is 0. The normalized spacial score (nSPS) is 23.2. The zero-order valence-corrected chi connectivity index (χ0v) is 10.2. The number of hydrogen-bond donors (Lipinski definition) is 2. The molecule has 1 aromatic rings. The van der Waals surface area contributed by atoms with E-state index in [1.54, 1.807) is 13.0 Å². The van der Waals surface area contributed by atoms with Crippen molar-refractivity contribution in [3.63, 3.8) is 0 Å². The van der Waals surface area contributed by atoms with E-state index < -0.39 is 17.3 Å². The number of methoxy groups -OCH3 is 1. The number of rotatable bonds is 2. The van der Waals surface area contributed by atoms with Crippen LogP contribution in [0.5, 0.6) is 5.75 Å². The van der Waals surface area contributed by atoms with E-state index in [1.165, 1.54) is 19.2 Å². The smallest absolute Gasteiger partial charge is 0.256 e. The van der Waals surface area contributed by atoms with Crippen molar-refractivity contribution in [2.75, 3.05) is 7.11 Å². The van der Waals surface area contributed by atoms with Gasteiger partial charge in [-0.05, 0) is 31.3 Å². The zero-order chi connectivity index (χ0) is 12.6. The maximum absolute atomic E-state index is 13.9. The predicted octanol–water partition coefficient (Wildman–Crippen LogP) is 1.05. The van der Waals surface area contributed by atoms with Gasteiger partial charge in [0.1, 0.15) is 17.1 Å². The van der Waals surface area contributed by atoms with Crippen molar-refractivity contribution >= 4 is 23.2 Å². The van der Waals surface area contributed by atoms with Crippen LogP contribution < -0.4 is 15.4 Å². The molecule has 1 heterocycles. The standard InChI is InChI=1S/C11H11FN2O2S/c1-11(9(15)13-10(17)14-11)8-6(12)4-3-5-7(8)16-2/h3-5H,1-2H3,(H2,13,14,15,17). The van der Waals surface area contributed by atoms with Crippen LogP contribution in [0.1, 0.15) is 12.5 Å². The first-order valence-corrected chi connectivity index (χ1v) is 5.36. The molecule has 1 aromatic carbocycles. The van der Waals surface area contributed by atoms with E-state index in [4.69, 9.17) is 17.0 Å². The molecule has 1 saturated heterocycles. The van der Waals surface area contributed by atoms with Gasteiger partial charge in [-0.3, -0.25) is 4.79 Å². The van der Waals surface area contributed by atoms with E-state index in [0.717, 1.165) is 0 Å². The number of carbonyl (C=O) groups excluding carboxylic acids is 1. The molecule has 0 saturated carbocycles. The Morgan fingerprint density at radius 1 is 1.47 bits per heavy atom. The van der Waals surface area contributed by atoms with E-state index in [0.29, 0.717) is 5.75 Å². The Balaban J connectivity index is 2.60. The number of ether oxygens (including phenoxy) is 1. The molecule has 0 aliphatic carbocycles. The Morgan fingerprint density at radius 3 is 2.71 bits per heavy atom. The molecule has 90 valence electrons. The molecule has 4 nitrogen and oxygen atoms in total. The molecule has 1 aliphatic heterocycles. The zero-order valence-electron chi connectivity index (χ0n) is 9.33. The first-order valence-electron chi connectivity index (χ1n) is 4.95. The maximum atomic E-state index is 13.9. The minimum absolute atomic E-state index is 0.153. The molecule has 1 fully saturated rings. The molecule has 17 heavy (non-hydrogen) atoms. The van der Waals surface area contributed by atoms with Crippen LogP contribution in [0, 0.1) is 5.82 Å². The number of halogens is 1. The molecular weight excluding hydrogens is 243 g/mol. The highest BCUT2D eigenvalue weighted by Gasteiger charge is 2.45. The van der Waals surface area contributed by atoms with Crippen molar-refractivity contribution < 1.29 is 13.9 Å². The summed E-state index contributed by atoms with van der Waals surface area (Å²) in [4.78, 5) is 11.8. The van der Waals surface area contributed by atoms with Crippen LogP contribution in [0.25, 0.3) is 0 Å². The van der Waals surface area contributed by atoms with Crippen molar-refractivity contribution in [2.24, 2.45) is 0 Å². The summed E-state index contributed by atoms with van der Waals surface area (Å²) < 4.78 is 19.0. The van der Waals surface area contributed by atoms with Gasteiger partial charge in [0.05, 0.1) is 12.7 Å². The Bertz CT molecular complexity index is 506. The predicted molar refractivity (Wildman–Crippen MR) is 64.2 cm³/mol. The van der Waals surface area contributed by atoms with Gasteiger partial charge in [0.2, 0.25) is 0 Å². The van der Waals surface area contributed by atoms with Crippen LogP contribution in [0.2, 0.25) is 0 Å². The Morgan fingerprint density at radius 2 is 2.18 bits per heavy atom. The summed E-state index contributed by atoms with van der Waals surface area (Å²) in [5.74, 6) is -0.607. The first kappa shape index (κ1) is 11.8. The summed E-state index contributed by atoms with van der Waals surface area (Å²) in [7, 11) is 1.42. The molecule has 1 atom stereocenters. The van der Waals surface area contributed by atoms with Gasteiger partial charge in [-0.25, -0.2) is 4.39 Å². The summed E-state index contributed by atoms with van der Waals surface area (Å²) in [6.45, 7) is 1.56. The summed E-state index contributed by atoms with van der Waals surface area (Å²) in [6, 6.07) is 4.39. The van der Waals surface area contributed by atoms with Gasteiger partial charge in [-0.1, -0.05) is 6.07 Å². The fourth-order valence-electron chi connectivity index (χ4n) is 1.88. The molecule has 1 unspecified atom stereocenters. The highest BCUT2D eigenvalue weighted by atomic mass is 32.1. The van der Waals surface area contributed by atoms with Crippen LogP contribution in [0.4, 0.5) is 4.39 Å². The second-order valence-corrected chi connectivity index (χ2v) is 4.26. The van der Waals surface area contributed by atoms with Gasteiger partial charge in [0.25, 0.3) is 5.91 Å². The van der Waals surface area contributed by atoms with Crippen LogP contribution in [-0.4, -0.2) is 18.1 Å². The van der Waals surface area contributed by atoms with Crippen LogP contribution in [0.15, 0.2) is 18.2 Å². The molecular formula is C11H11FN2O2S. The summed E-state index contributed by atoms with van der Waals surface area (Å²) in [5, 5.41) is 5.39. The van der Waals surface area contributed by atoms with E-state index in [2.05, 4.69) is 10.6 Å². The number of thiocarbonyl (C=S) groups is 1. The van der Waals surface area contributed by atoms with Crippen molar-refractivity contribution in [1.29, 1.82) is 0 Å². The van der Waals surface area contributed by atoms with E-state index >= 15 is 0 Å². The highest BCUT2D eigenvalue weighted by molar-refractivity contribution is 7.80. The second-order valence-electron chi connectivity index (χ2n) is 3.85. The second kappa shape index (κ2) is 3.96. The number of benzene rings is 1. The van der Waals surface area contributed by atoms with Gasteiger partial charge in [-0.15, -0.1) is 0 Å². The average molecular weight is 254 g/mol. The number of amides is 1. The molecule has 2 N–H and O–H groups in total. The van der Waals surface area contributed by atoms with Crippen molar-refractivity contribution in [3.8, 4) is 5.75 Å². The fourth-order valence-corrected chi connectivity index (χ4v) is 2.18. The highest BCUT2D eigenvalue weighted by Crippen LogP contribution is 2.34. The lowest BCUT2D eigenvalue weighted by atomic mass is 9.91. The van der Waals surface area contributed by atoms with Crippen LogP contribution >= 0.6 is 12.2 Å². The summed E-state index contributed by atoms with van der Waals surface area (Å²) in [5.41, 5.74) is -1.09. The average Bonchev–Trinajstić information content (AvgIpc) is 2.52. The van der Waals surface area contributed by atoms with Gasteiger partial charge in [0.15, 0.2) is 5.11 Å². The Labute approximate surface area is 103 Å². The maximum Gasteiger partial charge on any atom is 0.256 e. The number of carbonyl (C=O) groups is 1. The monoisotopic (exact) mass is 254 g/mol. The topological polar surface area (TPSA) is 50.4 Å². The van der Waals surface area contributed by atoms with Crippen molar-refractivity contribution in [3.05, 3.63) is 29.6 Å². The van der Waals surface area contributed by atoms with Gasteiger partial charge in [0, 0.05) is 0 Å². The third-order valence-electron chi connectivity index (χ3n) is 2.74. The minimum Gasteiger partial charge on any atom is -0.496 e. The summed E-state index contributed by atoms with van der Waals surface area (Å²) >= 11 is 4.86. The minimum atomic E-state index is -1.24. The van der Waals surface area contributed by atoms with E-state index in [1.807, 2.05) is 0 Å². The molecule has 0 bridgehead atoms.